The molecule has 1 saturated heterocycles. The van der Waals surface area contributed by atoms with Crippen LogP contribution in [0.3, 0.4) is 0 Å². The number of ether oxygens (including phenoxy) is 1. The van der Waals surface area contributed by atoms with Crippen molar-refractivity contribution in [2.45, 2.75) is 18.9 Å². The number of amides is 1. The van der Waals surface area contributed by atoms with Gasteiger partial charge in [-0.05, 0) is 24.1 Å². The number of aromatic hydroxyl groups is 1. The Hall–Kier alpha value is -3.81. The molecular formula is C22H21NO7. The van der Waals surface area contributed by atoms with E-state index in [-0.39, 0.29) is 42.2 Å². The number of carbonyl (C=O) groups is 3. The highest BCUT2D eigenvalue weighted by molar-refractivity contribution is 6.46. The molecule has 2 aromatic carbocycles. The fourth-order valence-electron chi connectivity index (χ4n) is 3.47. The molecule has 0 aliphatic carbocycles. The molecule has 30 heavy (non-hydrogen) atoms. The molecule has 1 heterocycles. The second-order valence-electron chi connectivity index (χ2n) is 6.79. The number of likely N-dealkylation sites (tertiary alicyclic amines) is 1. The van der Waals surface area contributed by atoms with Crippen LogP contribution in [0.5, 0.6) is 11.5 Å². The zero-order valence-electron chi connectivity index (χ0n) is 16.2. The van der Waals surface area contributed by atoms with Crippen LogP contribution in [-0.2, 0) is 14.4 Å². The summed E-state index contributed by atoms with van der Waals surface area (Å²) in [7, 11) is 1.37. The van der Waals surface area contributed by atoms with Crippen LogP contribution in [0, 0.1) is 0 Å². The lowest BCUT2D eigenvalue weighted by Crippen LogP contribution is -2.31. The number of methoxy groups -OCH3 is 1. The Morgan fingerprint density at radius 3 is 2.43 bits per heavy atom. The van der Waals surface area contributed by atoms with E-state index in [4.69, 9.17) is 9.84 Å². The Labute approximate surface area is 172 Å². The summed E-state index contributed by atoms with van der Waals surface area (Å²) in [5.74, 6) is -3.00. The first-order chi connectivity index (χ1) is 14.3. The maximum Gasteiger partial charge on any atom is 0.303 e. The zero-order valence-corrected chi connectivity index (χ0v) is 16.2. The number of carbonyl (C=O) groups excluding carboxylic acids is 2. The summed E-state index contributed by atoms with van der Waals surface area (Å²) in [6.45, 7) is 0.0102. The molecule has 8 heteroatoms. The molecule has 1 aliphatic heterocycles. The lowest BCUT2D eigenvalue weighted by Gasteiger charge is -2.25. The molecule has 0 radical (unpaired) electrons. The molecule has 3 rings (SSSR count). The van der Waals surface area contributed by atoms with E-state index in [1.807, 2.05) is 0 Å². The molecule has 3 N–H and O–H groups in total. The number of hydrogen-bond acceptors (Lipinski definition) is 6. The number of nitrogens with zero attached hydrogens (tertiary/aromatic N) is 1. The number of aliphatic hydroxyl groups excluding tert-OH is 1. The van der Waals surface area contributed by atoms with Crippen molar-refractivity contribution in [3.8, 4) is 11.5 Å². The van der Waals surface area contributed by atoms with Crippen LogP contribution in [-0.4, -0.2) is 51.5 Å². The topological polar surface area (TPSA) is 124 Å². The summed E-state index contributed by atoms with van der Waals surface area (Å²) >= 11 is 0. The second-order valence-corrected chi connectivity index (χ2v) is 6.79. The third-order valence-corrected chi connectivity index (χ3v) is 4.90. The van der Waals surface area contributed by atoms with Crippen molar-refractivity contribution in [3.05, 3.63) is 65.2 Å². The standard InChI is InChI=1S/C22H21NO7/c1-30-16-12-14(9-10-15(16)24)19-18(20(27)13-6-3-2-4-7-13)21(28)22(29)23(19)11-5-8-17(25)26/h2-4,6-7,9-10,12,19,24,27H,5,8,11H2,1H3,(H,25,26)/b20-18-/t19-/m0/s1. The van der Waals surface area contributed by atoms with Gasteiger partial charge in [0.05, 0.1) is 18.7 Å². The summed E-state index contributed by atoms with van der Waals surface area (Å²) in [5, 5.41) is 29.7. The van der Waals surface area contributed by atoms with E-state index in [0.29, 0.717) is 11.1 Å². The highest BCUT2D eigenvalue weighted by atomic mass is 16.5. The van der Waals surface area contributed by atoms with E-state index >= 15 is 0 Å². The average Bonchev–Trinajstić information content (AvgIpc) is 2.99. The SMILES string of the molecule is COc1cc([C@H]2/C(=C(/O)c3ccccc3)C(=O)C(=O)N2CCCC(=O)O)ccc1O. The van der Waals surface area contributed by atoms with Crippen molar-refractivity contribution >= 4 is 23.4 Å². The molecule has 0 bridgehead atoms. The third kappa shape index (κ3) is 3.98. The summed E-state index contributed by atoms with van der Waals surface area (Å²) in [6, 6.07) is 11.8. The average molecular weight is 411 g/mol. The zero-order chi connectivity index (χ0) is 21.8. The predicted octanol–water partition coefficient (Wildman–Crippen LogP) is 2.69. The summed E-state index contributed by atoms with van der Waals surface area (Å²) in [4.78, 5) is 37.7. The highest BCUT2D eigenvalue weighted by Crippen LogP contribution is 2.41. The van der Waals surface area contributed by atoms with Crippen LogP contribution in [0.25, 0.3) is 5.76 Å². The first kappa shape index (κ1) is 20.9. The molecule has 2 aromatic rings. The maximum absolute atomic E-state index is 12.8. The quantitative estimate of drug-likeness (QED) is 0.363. The van der Waals surface area contributed by atoms with Gasteiger partial charge in [0, 0.05) is 18.5 Å². The van der Waals surface area contributed by atoms with Gasteiger partial charge < -0.3 is 25.0 Å². The monoisotopic (exact) mass is 411 g/mol. The Bertz CT molecular complexity index is 1010. The van der Waals surface area contributed by atoms with Crippen molar-refractivity contribution in [1.29, 1.82) is 0 Å². The maximum atomic E-state index is 12.8. The second kappa shape index (κ2) is 8.69. The van der Waals surface area contributed by atoms with Gasteiger partial charge in [-0.15, -0.1) is 0 Å². The molecule has 0 saturated carbocycles. The Kier molecular flexibility index (Phi) is 6.06. The molecule has 0 spiro atoms. The summed E-state index contributed by atoms with van der Waals surface area (Å²) in [5.41, 5.74) is 0.711. The normalized spacial score (nSPS) is 17.9. The minimum atomic E-state index is -1.02. The Morgan fingerprint density at radius 2 is 1.80 bits per heavy atom. The van der Waals surface area contributed by atoms with Gasteiger partial charge in [-0.2, -0.15) is 0 Å². The number of benzene rings is 2. The van der Waals surface area contributed by atoms with Crippen molar-refractivity contribution in [1.82, 2.24) is 4.90 Å². The molecule has 1 aliphatic rings. The predicted molar refractivity (Wildman–Crippen MR) is 107 cm³/mol. The van der Waals surface area contributed by atoms with Crippen molar-refractivity contribution in [3.63, 3.8) is 0 Å². The lowest BCUT2D eigenvalue weighted by atomic mass is 9.95. The van der Waals surface area contributed by atoms with Gasteiger partial charge in [-0.1, -0.05) is 36.4 Å². The van der Waals surface area contributed by atoms with Gasteiger partial charge in [0.2, 0.25) is 0 Å². The van der Waals surface area contributed by atoms with Crippen LogP contribution in [0.15, 0.2) is 54.1 Å². The number of carboxylic acid groups (broad SMARTS) is 1. The van der Waals surface area contributed by atoms with Crippen molar-refractivity contribution in [2.75, 3.05) is 13.7 Å². The minimum Gasteiger partial charge on any atom is -0.507 e. The molecule has 1 atom stereocenters. The van der Waals surface area contributed by atoms with Crippen molar-refractivity contribution in [2.24, 2.45) is 0 Å². The molecule has 8 nitrogen and oxygen atoms in total. The van der Waals surface area contributed by atoms with Gasteiger partial charge >= 0.3 is 5.97 Å². The number of rotatable bonds is 7. The first-order valence-corrected chi connectivity index (χ1v) is 9.27. The van der Waals surface area contributed by atoms with Gasteiger partial charge in [-0.3, -0.25) is 14.4 Å². The number of phenolic OH excluding ortho intramolecular Hbond substituents is 1. The van der Waals surface area contributed by atoms with Crippen LogP contribution < -0.4 is 4.74 Å². The van der Waals surface area contributed by atoms with Gasteiger partial charge in [0.25, 0.3) is 11.7 Å². The largest absolute Gasteiger partial charge is 0.507 e. The molecule has 156 valence electrons. The summed E-state index contributed by atoms with van der Waals surface area (Å²) in [6.07, 6.45) is -0.0350. The van der Waals surface area contributed by atoms with E-state index in [9.17, 15) is 24.6 Å². The number of aliphatic carboxylic acids is 1. The highest BCUT2D eigenvalue weighted by Gasteiger charge is 2.46. The number of aliphatic hydroxyl groups is 1. The number of carboxylic acids is 1. The van der Waals surface area contributed by atoms with Crippen LogP contribution in [0.1, 0.15) is 30.0 Å². The van der Waals surface area contributed by atoms with Gasteiger partial charge in [-0.25, -0.2) is 0 Å². The van der Waals surface area contributed by atoms with Crippen LogP contribution in [0.4, 0.5) is 0 Å². The van der Waals surface area contributed by atoms with Gasteiger partial charge in [0.1, 0.15) is 5.76 Å². The number of Topliss-reactive ketones (excluding diaryl/α,β-unsaturated/α-hetero) is 1. The van der Waals surface area contributed by atoms with Crippen LogP contribution >= 0.6 is 0 Å². The molecule has 1 fully saturated rings. The van der Waals surface area contributed by atoms with Gasteiger partial charge in [0.15, 0.2) is 11.5 Å². The summed E-state index contributed by atoms with van der Waals surface area (Å²) < 4.78 is 5.13. The lowest BCUT2D eigenvalue weighted by molar-refractivity contribution is -0.140. The fourth-order valence-corrected chi connectivity index (χ4v) is 3.47. The number of hydrogen-bond donors (Lipinski definition) is 3. The van der Waals surface area contributed by atoms with E-state index in [1.165, 1.54) is 30.2 Å². The van der Waals surface area contributed by atoms with Crippen LogP contribution in [0.2, 0.25) is 0 Å². The van der Waals surface area contributed by atoms with E-state index in [2.05, 4.69) is 0 Å². The Morgan fingerprint density at radius 1 is 1.10 bits per heavy atom. The molecule has 0 aromatic heterocycles. The number of phenols is 1. The third-order valence-electron chi connectivity index (χ3n) is 4.90. The molecular weight excluding hydrogens is 390 g/mol. The van der Waals surface area contributed by atoms with E-state index < -0.39 is 23.7 Å². The smallest absolute Gasteiger partial charge is 0.303 e. The fraction of sp³-hybridized carbons (Fsp3) is 0.227. The van der Waals surface area contributed by atoms with E-state index in [1.54, 1.807) is 30.3 Å². The Balaban J connectivity index is 2.13. The molecule has 1 amide bonds. The van der Waals surface area contributed by atoms with Crippen molar-refractivity contribution < 1.29 is 34.4 Å². The minimum absolute atomic E-state index is 0.0102. The molecule has 0 unspecified atom stereocenters. The first-order valence-electron chi connectivity index (χ1n) is 9.27. The number of ketones is 1. The van der Waals surface area contributed by atoms with E-state index in [0.717, 1.165) is 0 Å².